The van der Waals surface area contributed by atoms with Crippen molar-refractivity contribution in [2.45, 2.75) is 46.0 Å². The van der Waals surface area contributed by atoms with Crippen LogP contribution in [0.15, 0.2) is 9.66 Å². The van der Waals surface area contributed by atoms with Gasteiger partial charge in [0.25, 0.3) is 0 Å². The van der Waals surface area contributed by atoms with Crippen molar-refractivity contribution in [1.82, 2.24) is 0 Å². The van der Waals surface area contributed by atoms with Gasteiger partial charge in [0.15, 0.2) is 5.78 Å². The third-order valence-electron chi connectivity index (χ3n) is 1.63. The Morgan fingerprint density at radius 3 is 2.50 bits per heavy atom. The van der Waals surface area contributed by atoms with Crippen molar-refractivity contribution in [3.63, 3.8) is 0 Å². The van der Waals surface area contributed by atoms with E-state index < -0.39 is 0 Å². The smallest absolute Gasteiger partial charge is 0.153 e. The van der Waals surface area contributed by atoms with Crippen LogP contribution >= 0.6 is 22.6 Å². The van der Waals surface area contributed by atoms with E-state index in [0.717, 1.165) is 6.42 Å². The molecule has 0 fully saturated rings. The summed E-state index contributed by atoms with van der Waals surface area (Å²) in [6, 6.07) is 0. The molecule has 0 saturated carbocycles. The maximum absolute atomic E-state index is 10.7. The maximum atomic E-state index is 10.7. The van der Waals surface area contributed by atoms with Crippen molar-refractivity contribution >= 4 is 28.4 Å². The number of rotatable bonds is 6. The van der Waals surface area contributed by atoms with Gasteiger partial charge in [0, 0.05) is 0 Å². The second-order valence-electron chi connectivity index (χ2n) is 3.01. The van der Waals surface area contributed by atoms with E-state index in [1.54, 1.807) is 13.0 Å². The first-order valence-electron chi connectivity index (χ1n) is 4.53. The Hall–Kier alpha value is 0.140. The Morgan fingerprint density at radius 2 is 2.00 bits per heavy atom. The van der Waals surface area contributed by atoms with Crippen molar-refractivity contribution in [2.24, 2.45) is 0 Å². The summed E-state index contributed by atoms with van der Waals surface area (Å²) in [4.78, 5) is 10.7. The monoisotopic (exact) mass is 280 g/mol. The van der Waals surface area contributed by atoms with E-state index in [9.17, 15) is 4.79 Å². The second-order valence-corrected chi connectivity index (χ2v) is 4.40. The predicted octanol–water partition coefficient (Wildman–Crippen LogP) is 3.86. The van der Waals surface area contributed by atoms with Gasteiger partial charge in [-0.15, -0.1) is 0 Å². The van der Waals surface area contributed by atoms with Crippen molar-refractivity contribution in [2.75, 3.05) is 0 Å². The Kier molecular flexibility index (Phi) is 7.86. The normalized spacial score (nSPS) is 11.8. The Morgan fingerprint density at radius 1 is 1.33 bits per heavy atom. The Balaban J connectivity index is 3.43. The number of allylic oxidation sites excluding steroid dienone is 2. The zero-order valence-electron chi connectivity index (χ0n) is 7.90. The van der Waals surface area contributed by atoms with Crippen LogP contribution in [0.2, 0.25) is 0 Å². The standard InChI is InChI=1S/C10H17IO/c1-3-4-5-6-7-10(11)8-9(2)12/h8H,3-7H2,1-2H3/b10-8+. The van der Waals surface area contributed by atoms with Crippen LogP contribution in [-0.2, 0) is 4.79 Å². The fourth-order valence-electron chi connectivity index (χ4n) is 1.01. The summed E-state index contributed by atoms with van der Waals surface area (Å²) in [5.74, 6) is 0.162. The molecule has 0 aliphatic heterocycles. The molecule has 0 radical (unpaired) electrons. The van der Waals surface area contributed by atoms with E-state index in [1.807, 2.05) is 0 Å². The van der Waals surface area contributed by atoms with Crippen LogP contribution in [0.5, 0.6) is 0 Å². The van der Waals surface area contributed by atoms with Crippen LogP contribution in [0.25, 0.3) is 0 Å². The molecule has 0 aliphatic rings. The van der Waals surface area contributed by atoms with Crippen molar-refractivity contribution in [3.8, 4) is 0 Å². The molecule has 0 aliphatic carbocycles. The molecule has 0 saturated heterocycles. The number of carbonyl (C=O) groups excluding carboxylic acids is 1. The SMILES string of the molecule is CCCCCC/C(I)=C\C(C)=O. The number of hydrogen-bond donors (Lipinski definition) is 0. The summed E-state index contributed by atoms with van der Waals surface area (Å²) in [6.07, 6.45) is 7.88. The molecule has 0 N–H and O–H groups in total. The fourth-order valence-corrected chi connectivity index (χ4v) is 1.83. The van der Waals surface area contributed by atoms with E-state index >= 15 is 0 Å². The van der Waals surface area contributed by atoms with E-state index in [-0.39, 0.29) is 5.78 Å². The zero-order chi connectivity index (χ0) is 9.40. The summed E-state index contributed by atoms with van der Waals surface area (Å²) in [6.45, 7) is 3.81. The lowest BCUT2D eigenvalue weighted by atomic mass is 10.1. The van der Waals surface area contributed by atoms with E-state index in [4.69, 9.17) is 0 Å². The summed E-state index contributed by atoms with van der Waals surface area (Å²) >= 11 is 2.25. The predicted molar refractivity (Wildman–Crippen MR) is 61.5 cm³/mol. The highest BCUT2D eigenvalue weighted by Crippen LogP contribution is 2.15. The van der Waals surface area contributed by atoms with Gasteiger partial charge in [-0.2, -0.15) is 0 Å². The lowest BCUT2D eigenvalue weighted by Crippen LogP contribution is -1.84. The first-order chi connectivity index (χ1) is 5.66. The molecule has 0 atom stereocenters. The molecule has 0 bridgehead atoms. The van der Waals surface area contributed by atoms with E-state index in [1.165, 1.54) is 29.3 Å². The average molecular weight is 280 g/mol. The van der Waals surface area contributed by atoms with Crippen LogP contribution in [0.4, 0.5) is 0 Å². The molecule has 2 heteroatoms. The van der Waals surface area contributed by atoms with Gasteiger partial charge in [0.05, 0.1) is 0 Å². The average Bonchev–Trinajstić information content (AvgIpc) is 1.97. The number of halogens is 1. The van der Waals surface area contributed by atoms with Crippen molar-refractivity contribution in [3.05, 3.63) is 9.66 Å². The molecule has 0 aromatic rings. The summed E-state index contributed by atoms with van der Waals surface area (Å²) in [5.41, 5.74) is 0. The molecular formula is C10H17IO. The van der Waals surface area contributed by atoms with Gasteiger partial charge in [0.2, 0.25) is 0 Å². The summed E-state index contributed by atoms with van der Waals surface area (Å²) < 4.78 is 1.19. The van der Waals surface area contributed by atoms with Crippen LogP contribution in [-0.4, -0.2) is 5.78 Å². The first kappa shape index (κ1) is 12.1. The van der Waals surface area contributed by atoms with Crippen LogP contribution in [0.1, 0.15) is 46.0 Å². The van der Waals surface area contributed by atoms with Gasteiger partial charge in [-0.05, 0) is 52.0 Å². The Bertz CT molecular complexity index is 161. The number of ketones is 1. The van der Waals surface area contributed by atoms with E-state index in [0.29, 0.717) is 0 Å². The largest absolute Gasteiger partial charge is 0.295 e. The highest BCUT2D eigenvalue weighted by atomic mass is 127. The molecule has 0 spiro atoms. The van der Waals surface area contributed by atoms with Gasteiger partial charge >= 0.3 is 0 Å². The highest BCUT2D eigenvalue weighted by molar-refractivity contribution is 14.1. The minimum atomic E-state index is 0.162. The van der Waals surface area contributed by atoms with Gasteiger partial charge < -0.3 is 0 Å². The van der Waals surface area contributed by atoms with Gasteiger partial charge in [-0.1, -0.05) is 26.2 Å². The molecule has 12 heavy (non-hydrogen) atoms. The molecule has 0 unspecified atom stereocenters. The third kappa shape index (κ3) is 8.24. The molecule has 0 aromatic carbocycles. The molecular weight excluding hydrogens is 263 g/mol. The molecule has 0 heterocycles. The third-order valence-corrected chi connectivity index (χ3v) is 2.48. The van der Waals surface area contributed by atoms with Crippen molar-refractivity contribution in [1.29, 1.82) is 0 Å². The van der Waals surface area contributed by atoms with Gasteiger partial charge in [-0.25, -0.2) is 0 Å². The minimum absolute atomic E-state index is 0.162. The second kappa shape index (κ2) is 7.77. The topological polar surface area (TPSA) is 17.1 Å². The first-order valence-corrected chi connectivity index (χ1v) is 5.61. The summed E-state index contributed by atoms with van der Waals surface area (Å²) in [5, 5.41) is 0. The Labute approximate surface area is 88.8 Å². The number of carbonyl (C=O) groups is 1. The molecule has 0 aromatic heterocycles. The number of hydrogen-bond acceptors (Lipinski definition) is 1. The van der Waals surface area contributed by atoms with Gasteiger partial charge in [-0.3, -0.25) is 4.79 Å². The zero-order valence-corrected chi connectivity index (χ0v) is 10.1. The van der Waals surface area contributed by atoms with E-state index in [2.05, 4.69) is 29.5 Å². The molecule has 70 valence electrons. The molecule has 0 amide bonds. The number of unbranched alkanes of at least 4 members (excludes halogenated alkanes) is 3. The highest BCUT2D eigenvalue weighted by Gasteiger charge is 1.94. The molecule has 0 rings (SSSR count). The minimum Gasteiger partial charge on any atom is -0.295 e. The quantitative estimate of drug-likeness (QED) is 0.410. The maximum Gasteiger partial charge on any atom is 0.153 e. The summed E-state index contributed by atoms with van der Waals surface area (Å²) in [7, 11) is 0. The van der Waals surface area contributed by atoms with Crippen LogP contribution < -0.4 is 0 Å². The van der Waals surface area contributed by atoms with Crippen LogP contribution in [0, 0.1) is 0 Å². The fraction of sp³-hybridized carbons (Fsp3) is 0.700. The molecule has 1 nitrogen and oxygen atoms in total. The van der Waals surface area contributed by atoms with Crippen molar-refractivity contribution < 1.29 is 4.79 Å². The lowest BCUT2D eigenvalue weighted by Gasteiger charge is -1.97. The lowest BCUT2D eigenvalue weighted by molar-refractivity contribution is -0.112. The van der Waals surface area contributed by atoms with Crippen LogP contribution in [0.3, 0.4) is 0 Å². The van der Waals surface area contributed by atoms with Gasteiger partial charge in [0.1, 0.15) is 0 Å².